The number of nitrogens with one attached hydrogen (secondary N) is 1. The van der Waals surface area contributed by atoms with Crippen molar-refractivity contribution in [3.05, 3.63) is 44.6 Å². The molecule has 2 unspecified atom stereocenters. The molecule has 0 spiro atoms. The van der Waals surface area contributed by atoms with E-state index in [0.717, 1.165) is 20.7 Å². The Bertz CT molecular complexity index is 1040. The second-order valence-corrected chi connectivity index (χ2v) is 10.2. The molecule has 2 fully saturated rings. The van der Waals surface area contributed by atoms with Gasteiger partial charge in [-0.1, -0.05) is 0 Å². The number of carbonyl (C=O) groups excluding carboxylic acids is 3. The largest absolute Gasteiger partial charge is 0.384 e. The molecule has 2 saturated heterocycles. The van der Waals surface area contributed by atoms with Crippen molar-refractivity contribution >= 4 is 56.4 Å². The quantitative estimate of drug-likeness (QED) is 0.631. The van der Waals surface area contributed by atoms with E-state index in [9.17, 15) is 14.4 Å². The molecule has 1 N–H and O–H groups in total. The van der Waals surface area contributed by atoms with Crippen LogP contribution in [0.25, 0.3) is 0 Å². The summed E-state index contributed by atoms with van der Waals surface area (Å²) in [4.78, 5) is 42.0. The summed E-state index contributed by atoms with van der Waals surface area (Å²) >= 11 is 4.71. The minimum atomic E-state index is -0.479. The highest BCUT2D eigenvalue weighted by Crippen LogP contribution is 2.31. The Balaban J connectivity index is 1.54. The number of hydrogen-bond acceptors (Lipinski definition) is 6. The van der Waals surface area contributed by atoms with Crippen LogP contribution in [0.1, 0.15) is 15.2 Å². The summed E-state index contributed by atoms with van der Waals surface area (Å²) in [6.45, 7) is 3.56. The monoisotopic (exact) mass is 521 g/mol. The van der Waals surface area contributed by atoms with Gasteiger partial charge in [-0.2, -0.15) is 0 Å². The molecule has 2 atom stereocenters. The van der Waals surface area contributed by atoms with Crippen LogP contribution in [0.5, 0.6) is 0 Å². The van der Waals surface area contributed by atoms with Crippen LogP contribution in [-0.4, -0.2) is 63.8 Å². The van der Waals surface area contributed by atoms with Crippen LogP contribution in [0.3, 0.4) is 0 Å². The summed E-state index contributed by atoms with van der Waals surface area (Å²) in [6, 6.07) is 8.80. The van der Waals surface area contributed by atoms with Gasteiger partial charge < -0.3 is 24.6 Å². The molecule has 8 nitrogen and oxygen atoms in total. The van der Waals surface area contributed by atoms with E-state index in [0.29, 0.717) is 24.6 Å². The van der Waals surface area contributed by atoms with Crippen LogP contribution in [0.15, 0.2) is 34.1 Å². The second-order valence-electron chi connectivity index (χ2n) is 7.76. The molecule has 170 valence electrons. The maximum atomic E-state index is 13.2. The predicted octanol–water partition coefficient (Wildman–Crippen LogP) is 2.59. The Hall–Kier alpha value is -2.27. The van der Waals surface area contributed by atoms with Crippen LogP contribution in [0.2, 0.25) is 0 Å². The highest BCUT2D eigenvalue weighted by atomic mass is 79.9. The van der Waals surface area contributed by atoms with Crippen molar-refractivity contribution in [1.82, 2.24) is 5.32 Å². The van der Waals surface area contributed by atoms with Gasteiger partial charge in [0.1, 0.15) is 6.61 Å². The number of anilines is 2. The fourth-order valence-electron chi connectivity index (χ4n) is 4.09. The SMILES string of the molecule is COCC1C(=O)N(c2ccc(N3CCOCC3=O)c(C)c2)CC1NC(=O)c1ccc(Br)s1. The number of amides is 3. The van der Waals surface area contributed by atoms with Gasteiger partial charge in [0.2, 0.25) is 5.91 Å². The number of thiophene rings is 1. The third-order valence-electron chi connectivity index (χ3n) is 5.68. The van der Waals surface area contributed by atoms with Crippen LogP contribution in [-0.2, 0) is 19.1 Å². The first kappa shape index (κ1) is 22.9. The minimum Gasteiger partial charge on any atom is -0.384 e. The van der Waals surface area contributed by atoms with Gasteiger partial charge >= 0.3 is 0 Å². The Kier molecular flexibility index (Phi) is 6.94. The predicted molar refractivity (Wildman–Crippen MR) is 125 cm³/mol. The first-order valence-electron chi connectivity index (χ1n) is 10.2. The maximum absolute atomic E-state index is 13.2. The number of halogens is 1. The fraction of sp³-hybridized carbons (Fsp3) is 0.409. The highest BCUT2D eigenvalue weighted by Gasteiger charge is 2.42. The van der Waals surface area contributed by atoms with Gasteiger partial charge in [0.15, 0.2) is 0 Å². The lowest BCUT2D eigenvalue weighted by atomic mass is 10.0. The molecule has 1 aromatic carbocycles. The van der Waals surface area contributed by atoms with Crippen molar-refractivity contribution in [3.8, 4) is 0 Å². The maximum Gasteiger partial charge on any atom is 0.261 e. The van der Waals surface area contributed by atoms with Crippen molar-refractivity contribution in [3.63, 3.8) is 0 Å². The van der Waals surface area contributed by atoms with Gasteiger partial charge in [0, 0.05) is 31.6 Å². The number of methoxy groups -OCH3 is 1. The number of ether oxygens (including phenoxy) is 2. The number of hydrogen-bond donors (Lipinski definition) is 1. The average molecular weight is 522 g/mol. The Labute approximate surface area is 198 Å². The summed E-state index contributed by atoms with van der Waals surface area (Å²) in [7, 11) is 1.55. The molecule has 0 saturated carbocycles. The molecule has 32 heavy (non-hydrogen) atoms. The van der Waals surface area contributed by atoms with E-state index in [4.69, 9.17) is 9.47 Å². The minimum absolute atomic E-state index is 0.0761. The molecule has 10 heteroatoms. The van der Waals surface area contributed by atoms with Crippen LogP contribution < -0.4 is 15.1 Å². The number of morpholine rings is 1. The van der Waals surface area contributed by atoms with Gasteiger partial charge in [-0.25, -0.2) is 0 Å². The van der Waals surface area contributed by atoms with E-state index >= 15 is 0 Å². The van der Waals surface area contributed by atoms with Crippen molar-refractivity contribution in [2.45, 2.75) is 13.0 Å². The van der Waals surface area contributed by atoms with E-state index in [1.54, 1.807) is 23.0 Å². The molecule has 1 aromatic heterocycles. The van der Waals surface area contributed by atoms with E-state index in [1.807, 2.05) is 31.2 Å². The van der Waals surface area contributed by atoms with Crippen molar-refractivity contribution in [1.29, 1.82) is 0 Å². The summed E-state index contributed by atoms with van der Waals surface area (Å²) in [5.41, 5.74) is 2.44. The Morgan fingerprint density at radius 2 is 2.09 bits per heavy atom. The zero-order chi connectivity index (χ0) is 22.8. The molecular weight excluding hydrogens is 498 g/mol. The number of rotatable bonds is 6. The molecule has 0 radical (unpaired) electrons. The zero-order valence-corrected chi connectivity index (χ0v) is 20.2. The summed E-state index contributed by atoms with van der Waals surface area (Å²) in [6.07, 6.45) is 0. The van der Waals surface area contributed by atoms with Gasteiger partial charge in [-0.3, -0.25) is 14.4 Å². The van der Waals surface area contributed by atoms with Gasteiger partial charge in [-0.05, 0) is 58.7 Å². The lowest BCUT2D eigenvalue weighted by Gasteiger charge is -2.29. The van der Waals surface area contributed by atoms with Crippen LogP contribution in [0.4, 0.5) is 11.4 Å². The first-order valence-corrected chi connectivity index (χ1v) is 11.8. The third-order valence-corrected chi connectivity index (χ3v) is 7.30. The molecule has 2 aliphatic heterocycles. The zero-order valence-electron chi connectivity index (χ0n) is 17.8. The van der Waals surface area contributed by atoms with E-state index in [1.165, 1.54) is 11.3 Å². The summed E-state index contributed by atoms with van der Waals surface area (Å²) in [5.74, 6) is -0.862. The number of aryl methyl sites for hydroxylation is 1. The highest BCUT2D eigenvalue weighted by molar-refractivity contribution is 9.11. The average Bonchev–Trinajstić information content (AvgIpc) is 3.33. The smallest absolute Gasteiger partial charge is 0.261 e. The molecular formula is C22H24BrN3O5S. The topological polar surface area (TPSA) is 88.2 Å². The summed E-state index contributed by atoms with van der Waals surface area (Å²) in [5, 5.41) is 3.00. The molecule has 2 aromatic rings. The number of nitrogens with zero attached hydrogens (tertiary/aromatic N) is 2. The van der Waals surface area contributed by atoms with E-state index < -0.39 is 5.92 Å². The first-order chi connectivity index (χ1) is 15.4. The van der Waals surface area contributed by atoms with Crippen molar-refractivity contribution < 1.29 is 23.9 Å². The summed E-state index contributed by atoms with van der Waals surface area (Å²) < 4.78 is 11.4. The molecule has 0 bridgehead atoms. The van der Waals surface area contributed by atoms with Crippen molar-refractivity contribution in [2.24, 2.45) is 5.92 Å². The third kappa shape index (κ3) is 4.59. The Morgan fingerprint density at radius 1 is 1.28 bits per heavy atom. The van der Waals surface area contributed by atoms with Crippen LogP contribution >= 0.6 is 27.3 Å². The standard InChI is InChI=1S/C22H24BrN3O5S/c1-13-9-14(3-4-17(13)25-7-8-31-12-20(25)27)26-10-16(15(11-30-2)22(26)29)24-21(28)18-5-6-19(23)32-18/h3-6,9,15-16H,7-8,10-12H2,1-2H3,(H,24,28). The van der Waals surface area contributed by atoms with E-state index in [2.05, 4.69) is 21.2 Å². The number of benzene rings is 1. The lowest BCUT2D eigenvalue weighted by Crippen LogP contribution is -2.42. The van der Waals surface area contributed by atoms with Crippen molar-refractivity contribution in [2.75, 3.05) is 49.8 Å². The van der Waals surface area contributed by atoms with Crippen LogP contribution in [0, 0.1) is 12.8 Å². The normalized spacial score (nSPS) is 21.3. The molecule has 2 aliphatic rings. The van der Waals surface area contributed by atoms with Gasteiger partial charge in [0.05, 0.1) is 33.8 Å². The fourth-order valence-corrected chi connectivity index (χ4v) is 5.38. The van der Waals surface area contributed by atoms with E-state index in [-0.39, 0.29) is 37.0 Å². The Morgan fingerprint density at radius 3 is 2.75 bits per heavy atom. The molecule has 3 heterocycles. The van der Waals surface area contributed by atoms with Gasteiger partial charge in [-0.15, -0.1) is 11.3 Å². The molecule has 3 amide bonds. The molecule has 0 aliphatic carbocycles. The second kappa shape index (κ2) is 9.70. The molecule has 4 rings (SSSR count). The van der Waals surface area contributed by atoms with Gasteiger partial charge in [0.25, 0.3) is 11.8 Å². The number of carbonyl (C=O) groups is 3. The lowest BCUT2D eigenvalue weighted by molar-refractivity contribution is -0.125.